The molecule has 122 valence electrons. The molecule has 0 aromatic carbocycles. The summed E-state index contributed by atoms with van der Waals surface area (Å²) in [4.78, 5) is 23.3. The van der Waals surface area contributed by atoms with Crippen LogP contribution in [-0.4, -0.2) is 36.2 Å². The number of carboxylic acids is 1. The van der Waals surface area contributed by atoms with Crippen LogP contribution >= 0.6 is 18.2 Å². The van der Waals surface area contributed by atoms with Gasteiger partial charge in [0.1, 0.15) is 0 Å². The summed E-state index contributed by atoms with van der Waals surface area (Å²) in [7, 11) is 0. The largest absolute Gasteiger partial charge is 0.481 e. The van der Waals surface area contributed by atoms with E-state index in [1.165, 1.54) is 0 Å². The van der Waals surface area contributed by atoms with E-state index in [2.05, 4.69) is 5.32 Å². The van der Waals surface area contributed by atoms with Crippen LogP contribution in [-0.2, 0) is 23.2 Å². The maximum atomic E-state index is 12.2. The first kappa shape index (κ1) is 18.4. The molecule has 0 radical (unpaired) electrons. The number of hydrogen-bond donors (Lipinski definition) is 2. The minimum absolute atomic E-state index is 0.0123. The van der Waals surface area contributed by atoms with Gasteiger partial charge in [0.15, 0.2) is 6.10 Å². The summed E-state index contributed by atoms with van der Waals surface area (Å²) >= 11 is 5.54. The van der Waals surface area contributed by atoms with Gasteiger partial charge in [-0.2, -0.15) is 0 Å². The second-order valence-corrected chi connectivity index (χ2v) is 8.68. The van der Waals surface area contributed by atoms with Crippen molar-refractivity contribution in [1.82, 2.24) is 5.32 Å². The zero-order chi connectivity index (χ0) is 16.4. The standard InChI is InChI=1S/C12H21ClNO6P/c1-7(2)8(11(16)17)5-14-10(15)9-12(3,4)6-19-21(13,18)20-9/h7-9H,5-6H2,1-4H3,(H,14,15)(H,16,17)/t8?,9-,21?/m0/s1. The van der Waals surface area contributed by atoms with E-state index < -0.39 is 36.3 Å². The maximum Gasteiger partial charge on any atom is 0.425 e. The van der Waals surface area contributed by atoms with Gasteiger partial charge in [-0.05, 0) is 5.92 Å². The van der Waals surface area contributed by atoms with Crippen LogP contribution in [0.5, 0.6) is 0 Å². The number of nitrogens with one attached hydrogen (secondary N) is 1. The van der Waals surface area contributed by atoms with Gasteiger partial charge in [0.05, 0.1) is 12.5 Å². The molecule has 0 bridgehead atoms. The van der Waals surface area contributed by atoms with Crippen LogP contribution in [0.4, 0.5) is 0 Å². The van der Waals surface area contributed by atoms with Crippen LogP contribution < -0.4 is 5.32 Å². The average molecular weight is 342 g/mol. The van der Waals surface area contributed by atoms with E-state index in [0.717, 1.165) is 0 Å². The Morgan fingerprint density at radius 2 is 2.05 bits per heavy atom. The monoisotopic (exact) mass is 341 g/mol. The first-order valence-corrected chi connectivity index (χ1v) is 9.04. The Bertz CT molecular complexity index is 467. The molecule has 2 unspecified atom stereocenters. The number of aliphatic carboxylic acids is 1. The van der Waals surface area contributed by atoms with Gasteiger partial charge in [-0.3, -0.25) is 18.6 Å². The van der Waals surface area contributed by atoms with Crippen LogP contribution in [0.3, 0.4) is 0 Å². The second-order valence-electron chi connectivity index (χ2n) is 6.11. The normalized spacial score (nSPS) is 29.9. The molecule has 9 heteroatoms. The van der Waals surface area contributed by atoms with Crippen molar-refractivity contribution in [3.05, 3.63) is 0 Å². The number of hydrogen-bond acceptors (Lipinski definition) is 5. The highest BCUT2D eigenvalue weighted by atomic mass is 35.7. The number of rotatable bonds is 5. The molecule has 1 saturated heterocycles. The molecular formula is C12H21ClNO6P. The number of carboxylic acid groups (broad SMARTS) is 1. The van der Waals surface area contributed by atoms with Crippen LogP contribution in [0.15, 0.2) is 0 Å². The lowest BCUT2D eigenvalue weighted by Crippen LogP contribution is -2.50. The summed E-state index contributed by atoms with van der Waals surface area (Å²) in [6, 6.07) is 0. The Morgan fingerprint density at radius 1 is 1.48 bits per heavy atom. The lowest BCUT2D eigenvalue weighted by atomic mass is 9.87. The topological polar surface area (TPSA) is 102 Å². The minimum atomic E-state index is -3.77. The Kier molecular flexibility index (Phi) is 5.83. The van der Waals surface area contributed by atoms with Crippen molar-refractivity contribution >= 4 is 30.1 Å². The lowest BCUT2D eigenvalue weighted by Gasteiger charge is -2.38. The third-order valence-corrected chi connectivity index (χ3v) is 4.82. The fourth-order valence-corrected chi connectivity index (χ4v) is 3.50. The van der Waals surface area contributed by atoms with E-state index in [4.69, 9.17) is 25.4 Å². The summed E-state index contributed by atoms with van der Waals surface area (Å²) in [6.45, 7) is 3.15. The van der Waals surface area contributed by atoms with Gasteiger partial charge in [-0.1, -0.05) is 27.7 Å². The van der Waals surface area contributed by atoms with Gasteiger partial charge >= 0.3 is 12.9 Å². The Morgan fingerprint density at radius 3 is 2.52 bits per heavy atom. The molecule has 1 rings (SSSR count). The molecule has 2 N–H and O–H groups in total. The predicted molar refractivity (Wildman–Crippen MR) is 77.0 cm³/mol. The van der Waals surface area contributed by atoms with Gasteiger partial charge in [0.2, 0.25) is 5.91 Å². The lowest BCUT2D eigenvalue weighted by molar-refractivity contribution is -0.144. The zero-order valence-corrected chi connectivity index (χ0v) is 14.1. The van der Waals surface area contributed by atoms with Crippen molar-refractivity contribution in [3.8, 4) is 0 Å². The summed E-state index contributed by atoms with van der Waals surface area (Å²) in [6.07, 6.45) is -1.06. The van der Waals surface area contributed by atoms with Crippen LogP contribution in [0.25, 0.3) is 0 Å². The summed E-state index contributed by atoms with van der Waals surface area (Å²) in [5.41, 5.74) is -0.719. The molecule has 1 amide bonds. The van der Waals surface area contributed by atoms with Gasteiger partial charge in [-0.15, -0.1) is 0 Å². The molecule has 0 aromatic heterocycles. The molecule has 0 saturated carbocycles. The van der Waals surface area contributed by atoms with Crippen molar-refractivity contribution in [2.45, 2.75) is 33.8 Å². The molecule has 1 aliphatic heterocycles. The SMILES string of the molecule is CC(C)C(CNC(=O)[C@@H]1OP(=O)(Cl)OCC1(C)C)C(=O)O. The number of halogens is 1. The fourth-order valence-electron chi connectivity index (χ4n) is 1.93. The molecule has 0 spiro atoms. The summed E-state index contributed by atoms with van der Waals surface area (Å²) in [5, 5.41) is 11.6. The maximum absolute atomic E-state index is 12.2. The highest BCUT2D eigenvalue weighted by Crippen LogP contribution is 2.60. The third-order valence-electron chi connectivity index (χ3n) is 3.39. The van der Waals surface area contributed by atoms with Crippen molar-refractivity contribution in [3.63, 3.8) is 0 Å². The number of carbonyl (C=O) groups excluding carboxylic acids is 1. The molecule has 7 nitrogen and oxygen atoms in total. The molecule has 0 aliphatic carbocycles. The van der Waals surface area contributed by atoms with Crippen LogP contribution in [0, 0.1) is 17.3 Å². The second kappa shape index (κ2) is 6.65. The summed E-state index contributed by atoms with van der Waals surface area (Å²) < 4.78 is 21.6. The Labute approximate surface area is 128 Å². The Balaban J connectivity index is 2.73. The van der Waals surface area contributed by atoms with Gasteiger partial charge < -0.3 is 10.4 Å². The van der Waals surface area contributed by atoms with E-state index in [1.54, 1.807) is 27.7 Å². The highest BCUT2D eigenvalue weighted by Gasteiger charge is 2.47. The van der Waals surface area contributed by atoms with Crippen LogP contribution in [0.1, 0.15) is 27.7 Å². The zero-order valence-electron chi connectivity index (χ0n) is 12.5. The van der Waals surface area contributed by atoms with Crippen molar-refractivity contribution < 1.29 is 28.3 Å². The molecule has 1 heterocycles. The highest BCUT2D eigenvalue weighted by molar-refractivity contribution is 7.81. The van der Waals surface area contributed by atoms with Crippen molar-refractivity contribution in [2.75, 3.05) is 13.2 Å². The smallest absolute Gasteiger partial charge is 0.425 e. The number of carbonyl (C=O) groups is 2. The molecule has 0 aromatic rings. The molecule has 21 heavy (non-hydrogen) atoms. The first-order chi connectivity index (χ1) is 9.46. The van der Waals surface area contributed by atoms with Crippen molar-refractivity contribution in [2.24, 2.45) is 17.3 Å². The van der Waals surface area contributed by atoms with Gasteiger partial charge in [0, 0.05) is 23.2 Å². The minimum Gasteiger partial charge on any atom is -0.481 e. The quantitative estimate of drug-likeness (QED) is 0.744. The predicted octanol–water partition coefficient (Wildman–Crippen LogP) is 2.25. The molecule has 1 fully saturated rings. The summed E-state index contributed by atoms with van der Waals surface area (Å²) in [5.74, 6) is -2.37. The Hall–Kier alpha value is -0.620. The third kappa shape index (κ3) is 4.95. The van der Waals surface area contributed by atoms with Gasteiger partial charge in [-0.25, -0.2) is 4.57 Å². The van der Waals surface area contributed by atoms with E-state index >= 15 is 0 Å². The van der Waals surface area contributed by atoms with E-state index in [9.17, 15) is 14.2 Å². The number of amides is 1. The fraction of sp³-hybridized carbons (Fsp3) is 0.833. The average Bonchev–Trinajstić information content (AvgIpc) is 2.32. The molecule has 1 aliphatic rings. The van der Waals surface area contributed by atoms with Crippen molar-refractivity contribution in [1.29, 1.82) is 0 Å². The van der Waals surface area contributed by atoms with Crippen LogP contribution in [0.2, 0.25) is 0 Å². The first-order valence-electron chi connectivity index (χ1n) is 6.59. The van der Waals surface area contributed by atoms with E-state index in [-0.39, 0.29) is 19.1 Å². The molecular weight excluding hydrogens is 321 g/mol. The van der Waals surface area contributed by atoms with E-state index in [0.29, 0.717) is 0 Å². The van der Waals surface area contributed by atoms with Gasteiger partial charge in [0.25, 0.3) is 0 Å². The molecule has 3 atom stereocenters. The van der Waals surface area contributed by atoms with E-state index in [1.807, 2.05) is 0 Å².